The molecule has 0 heterocycles. The van der Waals surface area contributed by atoms with Crippen LogP contribution in [0.2, 0.25) is 0 Å². The Balaban J connectivity index is 1.53. The van der Waals surface area contributed by atoms with Crippen molar-refractivity contribution >= 4 is 0 Å². The Hall–Kier alpha value is -0.560. The van der Waals surface area contributed by atoms with Crippen LogP contribution in [0.1, 0.15) is 99.3 Å². The van der Waals surface area contributed by atoms with Gasteiger partial charge in [0, 0.05) is 0 Å². The summed E-state index contributed by atoms with van der Waals surface area (Å²) in [6.45, 7) is 14.8. The van der Waals surface area contributed by atoms with Gasteiger partial charge in [-0.25, -0.2) is 0 Å². The molecule has 1 N–H and O–H groups in total. The van der Waals surface area contributed by atoms with Gasteiger partial charge in [-0.05, 0) is 110 Å². The molecule has 9 atom stereocenters. The summed E-state index contributed by atoms with van der Waals surface area (Å²) in [5, 5.41) is 10.3. The third-order valence-corrected chi connectivity index (χ3v) is 10.7. The van der Waals surface area contributed by atoms with Gasteiger partial charge in [0.05, 0.1) is 6.10 Å². The Morgan fingerprint density at radius 1 is 1.00 bits per heavy atom. The molecule has 0 aromatic heterocycles. The quantitative estimate of drug-likeness (QED) is 0.457. The van der Waals surface area contributed by atoms with Crippen molar-refractivity contribution in [2.45, 2.75) is 105 Å². The molecule has 4 rings (SSSR count). The number of fused-ring (bicyclic) bond motifs is 5. The van der Waals surface area contributed by atoms with Crippen LogP contribution in [0.5, 0.6) is 0 Å². The molecule has 0 saturated heterocycles. The fourth-order valence-electron chi connectivity index (χ4n) is 8.68. The Morgan fingerprint density at radius 2 is 1.70 bits per heavy atom. The summed E-state index contributed by atoms with van der Waals surface area (Å²) >= 11 is 0. The molecule has 1 nitrogen and oxygen atoms in total. The normalized spacial score (nSPS) is 45.6. The summed E-state index contributed by atoms with van der Waals surface area (Å²) in [5.41, 5.74) is 2.79. The van der Waals surface area contributed by atoms with Gasteiger partial charge in [-0.3, -0.25) is 0 Å². The van der Waals surface area contributed by atoms with E-state index in [4.69, 9.17) is 0 Å². The van der Waals surface area contributed by atoms with Crippen LogP contribution in [0.15, 0.2) is 23.8 Å². The molecule has 0 unspecified atom stereocenters. The third kappa shape index (κ3) is 3.66. The molecule has 4 aliphatic carbocycles. The van der Waals surface area contributed by atoms with Crippen LogP contribution in [0.25, 0.3) is 0 Å². The van der Waals surface area contributed by atoms with Crippen molar-refractivity contribution in [1.29, 1.82) is 0 Å². The van der Waals surface area contributed by atoms with E-state index in [0.29, 0.717) is 22.7 Å². The van der Waals surface area contributed by atoms with E-state index >= 15 is 0 Å². The summed E-state index contributed by atoms with van der Waals surface area (Å²) in [7, 11) is 0. The molecular weight excluding hydrogens is 364 g/mol. The minimum atomic E-state index is -0.0480. The van der Waals surface area contributed by atoms with E-state index in [1.54, 1.807) is 0 Å². The Bertz CT molecular complexity index is 674. The molecule has 4 aliphatic rings. The highest BCUT2D eigenvalue weighted by atomic mass is 16.3. The molecule has 30 heavy (non-hydrogen) atoms. The molecule has 3 saturated carbocycles. The highest BCUT2D eigenvalue weighted by Gasteiger charge is 2.57. The zero-order valence-electron chi connectivity index (χ0n) is 20.7. The van der Waals surface area contributed by atoms with Gasteiger partial charge >= 0.3 is 0 Å². The number of aliphatic hydroxyl groups excluding tert-OH is 1. The molecule has 0 bridgehead atoms. The maximum absolute atomic E-state index is 10.3. The third-order valence-electron chi connectivity index (χ3n) is 10.7. The largest absolute Gasteiger partial charge is 0.393 e. The van der Waals surface area contributed by atoms with Gasteiger partial charge in [0.1, 0.15) is 0 Å². The van der Waals surface area contributed by atoms with Gasteiger partial charge in [0.15, 0.2) is 0 Å². The molecule has 3 fully saturated rings. The summed E-state index contributed by atoms with van der Waals surface area (Å²) in [4.78, 5) is 0. The second kappa shape index (κ2) is 8.42. The Morgan fingerprint density at radius 3 is 2.40 bits per heavy atom. The minimum Gasteiger partial charge on any atom is -0.393 e. The van der Waals surface area contributed by atoms with Crippen LogP contribution in [-0.4, -0.2) is 11.2 Å². The lowest BCUT2D eigenvalue weighted by molar-refractivity contribution is -0.0414. The van der Waals surface area contributed by atoms with Crippen LogP contribution >= 0.6 is 0 Å². The maximum Gasteiger partial charge on any atom is 0.0543 e. The number of aliphatic hydroxyl groups is 1. The number of allylic oxidation sites excluding steroid dienone is 4. The number of hydrogen-bond donors (Lipinski definition) is 1. The van der Waals surface area contributed by atoms with Crippen LogP contribution < -0.4 is 0 Å². The SMILES string of the molecule is CC[C@@H](C=C[C@@H](C)[C@H]1CC[C@H]2C3=CC[C@H]4C[C@@H](O)CC[C@]4(C)[C@H]3CC[C@]12C)C(C)C. The van der Waals surface area contributed by atoms with Crippen LogP contribution in [-0.2, 0) is 0 Å². The average molecular weight is 413 g/mol. The first-order valence-electron chi connectivity index (χ1n) is 13.3. The second-order valence-corrected chi connectivity index (χ2v) is 12.5. The second-order valence-electron chi connectivity index (χ2n) is 12.5. The van der Waals surface area contributed by atoms with Crippen molar-refractivity contribution in [1.82, 2.24) is 0 Å². The molecule has 0 amide bonds. The molecule has 0 aliphatic heterocycles. The van der Waals surface area contributed by atoms with Gasteiger partial charge in [-0.2, -0.15) is 0 Å². The molecule has 170 valence electrons. The van der Waals surface area contributed by atoms with E-state index in [1.807, 2.05) is 5.57 Å². The predicted molar refractivity (Wildman–Crippen MR) is 128 cm³/mol. The van der Waals surface area contributed by atoms with Crippen molar-refractivity contribution < 1.29 is 5.11 Å². The van der Waals surface area contributed by atoms with Crippen LogP contribution in [0, 0.1) is 52.3 Å². The molecule has 0 aromatic rings. The molecule has 0 spiro atoms. The van der Waals surface area contributed by atoms with Crippen molar-refractivity contribution in [3.63, 3.8) is 0 Å². The predicted octanol–water partition coefficient (Wildman–Crippen LogP) is 7.80. The topological polar surface area (TPSA) is 20.2 Å². The molecule has 1 heteroatoms. The first-order valence-corrected chi connectivity index (χ1v) is 13.3. The van der Waals surface area contributed by atoms with Crippen LogP contribution in [0.4, 0.5) is 0 Å². The standard InChI is InChI=1S/C29H48O/c1-7-21(19(2)3)9-8-20(4)25-12-13-26-24-11-10-22-18-23(30)14-16-28(22,5)27(24)15-17-29(25,26)6/h8-9,11,19-23,25-27,30H,7,10,12-18H2,1-6H3/t20-,21+,22+,23+,25-,26+,27+,28+,29-/m1/s1. The van der Waals surface area contributed by atoms with Crippen molar-refractivity contribution in [2.24, 2.45) is 52.3 Å². The lowest BCUT2D eigenvalue weighted by Gasteiger charge is -2.57. The van der Waals surface area contributed by atoms with Gasteiger partial charge in [-0.1, -0.05) is 65.3 Å². The summed E-state index contributed by atoms with van der Waals surface area (Å²) in [5.74, 6) is 5.32. The van der Waals surface area contributed by atoms with Crippen molar-refractivity contribution in [2.75, 3.05) is 0 Å². The lowest BCUT2D eigenvalue weighted by Crippen LogP contribution is -2.49. The van der Waals surface area contributed by atoms with E-state index < -0.39 is 0 Å². The highest BCUT2D eigenvalue weighted by Crippen LogP contribution is 2.66. The summed E-state index contributed by atoms with van der Waals surface area (Å²) in [6.07, 6.45) is 19.2. The van der Waals surface area contributed by atoms with Crippen molar-refractivity contribution in [3.05, 3.63) is 23.8 Å². The van der Waals surface area contributed by atoms with Crippen LogP contribution in [0.3, 0.4) is 0 Å². The van der Waals surface area contributed by atoms with E-state index in [9.17, 15) is 5.11 Å². The average Bonchev–Trinajstić information content (AvgIpc) is 3.06. The molecule has 0 radical (unpaired) electrons. The Kier molecular flexibility index (Phi) is 6.35. The first-order chi connectivity index (χ1) is 14.2. The van der Waals surface area contributed by atoms with Crippen molar-refractivity contribution in [3.8, 4) is 0 Å². The van der Waals surface area contributed by atoms with Gasteiger partial charge in [0.2, 0.25) is 0 Å². The smallest absolute Gasteiger partial charge is 0.0543 e. The number of hydrogen-bond acceptors (Lipinski definition) is 1. The van der Waals surface area contributed by atoms with E-state index in [0.717, 1.165) is 42.4 Å². The molecular formula is C29H48O. The fourth-order valence-corrected chi connectivity index (χ4v) is 8.68. The Labute approximate surface area is 186 Å². The molecule has 0 aromatic carbocycles. The van der Waals surface area contributed by atoms with Gasteiger partial charge in [-0.15, -0.1) is 0 Å². The zero-order chi connectivity index (χ0) is 21.7. The fraction of sp³-hybridized carbons (Fsp3) is 0.862. The maximum atomic E-state index is 10.3. The summed E-state index contributed by atoms with van der Waals surface area (Å²) in [6, 6.07) is 0. The zero-order valence-corrected chi connectivity index (χ0v) is 20.7. The first kappa shape index (κ1) is 22.6. The van der Waals surface area contributed by atoms with E-state index in [1.165, 1.54) is 44.9 Å². The monoisotopic (exact) mass is 412 g/mol. The van der Waals surface area contributed by atoms with E-state index in [-0.39, 0.29) is 6.10 Å². The summed E-state index contributed by atoms with van der Waals surface area (Å²) < 4.78 is 0. The van der Waals surface area contributed by atoms with Gasteiger partial charge in [0.25, 0.3) is 0 Å². The lowest BCUT2D eigenvalue weighted by atomic mass is 9.47. The highest BCUT2D eigenvalue weighted by molar-refractivity contribution is 5.28. The van der Waals surface area contributed by atoms with Gasteiger partial charge < -0.3 is 5.11 Å². The number of rotatable bonds is 5. The minimum absolute atomic E-state index is 0.0480. The van der Waals surface area contributed by atoms with E-state index in [2.05, 4.69) is 59.8 Å².